The number of rotatable bonds is 4. The number of urea groups is 1. The number of halogens is 1. The number of hydrogen-bond acceptors (Lipinski definition) is 3. The highest BCUT2D eigenvalue weighted by atomic mass is 35.5. The molecular weight excluding hydrogens is 338 g/mol. The summed E-state index contributed by atoms with van der Waals surface area (Å²) in [5.41, 5.74) is 2.74. The van der Waals surface area contributed by atoms with E-state index in [1.807, 2.05) is 42.5 Å². The number of nitrogens with zero attached hydrogens (tertiary/aromatic N) is 1. The smallest absolute Gasteiger partial charge is 0.323 e. The van der Waals surface area contributed by atoms with Crippen LogP contribution in [-0.4, -0.2) is 32.3 Å². The summed E-state index contributed by atoms with van der Waals surface area (Å²) in [7, 11) is 0. The highest BCUT2D eigenvalue weighted by Crippen LogP contribution is 2.26. The van der Waals surface area contributed by atoms with Gasteiger partial charge in [0.25, 0.3) is 0 Å². The molecule has 1 aliphatic heterocycles. The van der Waals surface area contributed by atoms with E-state index >= 15 is 0 Å². The molecule has 0 saturated carbocycles. The zero-order valence-corrected chi connectivity index (χ0v) is 14.5. The van der Waals surface area contributed by atoms with Gasteiger partial charge >= 0.3 is 6.03 Å². The Kier molecular flexibility index (Phi) is 5.93. The van der Waals surface area contributed by atoms with Gasteiger partial charge in [0.1, 0.15) is 0 Å². The van der Waals surface area contributed by atoms with Gasteiger partial charge in [0, 0.05) is 24.3 Å². The lowest BCUT2D eigenvalue weighted by Crippen LogP contribution is -2.37. The second-order valence-corrected chi connectivity index (χ2v) is 6.04. The van der Waals surface area contributed by atoms with Gasteiger partial charge in [0.2, 0.25) is 0 Å². The van der Waals surface area contributed by atoms with E-state index in [1.54, 1.807) is 18.3 Å². The molecule has 0 unspecified atom stereocenters. The Hall–Kier alpha value is -2.50. The molecule has 1 aliphatic rings. The van der Waals surface area contributed by atoms with Crippen LogP contribution in [0.5, 0.6) is 0 Å². The average Bonchev–Trinajstić information content (AvgIpc) is 2.64. The van der Waals surface area contributed by atoms with Crippen LogP contribution >= 0.6 is 11.6 Å². The van der Waals surface area contributed by atoms with Crippen LogP contribution in [0, 0.1) is 0 Å². The van der Waals surface area contributed by atoms with E-state index in [9.17, 15) is 4.79 Å². The second-order valence-electron chi connectivity index (χ2n) is 5.60. The van der Waals surface area contributed by atoms with Crippen LogP contribution in [0.4, 0.5) is 16.2 Å². The fraction of sp³-hybridized carbons (Fsp3) is 0.211. The highest BCUT2D eigenvalue weighted by Gasteiger charge is 2.15. The molecule has 2 N–H and O–H groups in total. The molecule has 2 aromatic carbocycles. The Bertz CT molecular complexity index is 741. The van der Waals surface area contributed by atoms with Crippen molar-refractivity contribution in [3.8, 4) is 0 Å². The molecule has 0 radical (unpaired) electrons. The zero-order chi connectivity index (χ0) is 17.5. The largest absolute Gasteiger partial charge is 0.378 e. The first-order valence-electron chi connectivity index (χ1n) is 8.14. The summed E-state index contributed by atoms with van der Waals surface area (Å²) in [5, 5.41) is 6.30. The van der Waals surface area contributed by atoms with Crippen molar-refractivity contribution < 1.29 is 9.53 Å². The fourth-order valence-electron chi connectivity index (χ4n) is 2.61. The maximum absolute atomic E-state index is 12.2. The van der Waals surface area contributed by atoms with Crippen molar-refractivity contribution in [1.82, 2.24) is 5.32 Å². The number of amides is 2. The van der Waals surface area contributed by atoms with Gasteiger partial charge in [-0.1, -0.05) is 35.9 Å². The van der Waals surface area contributed by atoms with Crippen molar-refractivity contribution in [3.63, 3.8) is 0 Å². The van der Waals surface area contributed by atoms with Gasteiger partial charge in [-0.3, -0.25) is 0 Å². The lowest BCUT2D eigenvalue weighted by Gasteiger charge is -2.30. The van der Waals surface area contributed by atoms with E-state index in [4.69, 9.17) is 16.3 Å². The van der Waals surface area contributed by atoms with Crippen molar-refractivity contribution in [3.05, 3.63) is 65.3 Å². The maximum Gasteiger partial charge on any atom is 0.323 e. The van der Waals surface area contributed by atoms with Crippen molar-refractivity contribution >= 4 is 35.1 Å². The second kappa shape index (κ2) is 8.55. The first-order chi connectivity index (χ1) is 12.2. The maximum atomic E-state index is 12.2. The summed E-state index contributed by atoms with van der Waals surface area (Å²) in [5.74, 6) is 0. The zero-order valence-electron chi connectivity index (χ0n) is 13.7. The molecule has 1 saturated heterocycles. The standard InChI is InChI=1S/C19H20ClN3O2/c20-16-7-5-15(6-8-16)9-10-21-19(24)22-17-3-1-2-4-18(17)23-11-13-25-14-12-23/h1-10H,11-14H2,(H2,21,22,24)/b10-9+. The summed E-state index contributed by atoms with van der Waals surface area (Å²) in [4.78, 5) is 14.4. The Balaban J connectivity index is 1.60. The molecule has 2 amide bonds. The first-order valence-corrected chi connectivity index (χ1v) is 8.51. The molecule has 1 fully saturated rings. The minimum absolute atomic E-state index is 0.286. The molecule has 6 heteroatoms. The van der Waals surface area contributed by atoms with Gasteiger partial charge in [-0.05, 0) is 35.9 Å². The molecule has 0 spiro atoms. The minimum Gasteiger partial charge on any atom is -0.378 e. The predicted octanol–water partition coefficient (Wildman–Crippen LogP) is 3.97. The number of carbonyl (C=O) groups is 1. The molecule has 0 aromatic heterocycles. The Morgan fingerprint density at radius 3 is 2.56 bits per heavy atom. The van der Waals surface area contributed by atoms with Crippen molar-refractivity contribution in [2.45, 2.75) is 0 Å². The van der Waals surface area contributed by atoms with Crippen LogP contribution in [0.3, 0.4) is 0 Å². The summed E-state index contributed by atoms with van der Waals surface area (Å²) >= 11 is 5.85. The lowest BCUT2D eigenvalue weighted by molar-refractivity contribution is 0.123. The van der Waals surface area contributed by atoms with Crippen molar-refractivity contribution in [2.75, 3.05) is 36.5 Å². The number of ether oxygens (including phenoxy) is 1. The van der Waals surface area contributed by atoms with E-state index in [0.29, 0.717) is 18.2 Å². The number of nitrogens with one attached hydrogen (secondary N) is 2. The average molecular weight is 358 g/mol. The molecule has 0 atom stereocenters. The summed E-state index contributed by atoms with van der Waals surface area (Å²) in [6, 6.07) is 14.9. The number of para-hydroxylation sites is 2. The highest BCUT2D eigenvalue weighted by molar-refractivity contribution is 6.30. The molecule has 0 bridgehead atoms. The molecule has 5 nitrogen and oxygen atoms in total. The van der Waals surface area contributed by atoms with Crippen LogP contribution in [0.25, 0.3) is 6.08 Å². The summed E-state index contributed by atoms with van der Waals surface area (Å²) in [6.45, 7) is 3.03. The van der Waals surface area contributed by atoms with Gasteiger partial charge in [0.15, 0.2) is 0 Å². The Morgan fingerprint density at radius 1 is 1.08 bits per heavy atom. The third kappa shape index (κ3) is 4.98. The van der Waals surface area contributed by atoms with E-state index in [-0.39, 0.29) is 6.03 Å². The lowest BCUT2D eigenvalue weighted by atomic mass is 10.2. The van der Waals surface area contributed by atoms with Crippen LogP contribution in [0.1, 0.15) is 5.56 Å². The summed E-state index contributed by atoms with van der Waals surface area (Å²) < 4.78 is 5.39. The monoisotopic (exact) mass is 357 g/mol. The molecule has 2 aromatic rings. The number of morpholine rings is 1. The van der Waals surface area contributed by atoms with Crippen LogP contribution in [0.2, 0.25) is 5.02 Å². The van der Waals surface area contributed by atoms with E-state index in [0.717, 1.165) is 30.0 Å². The van der Waals surface area contributed by atoms with Crippen molar-refractivity contribution in [2.24, 2.45) is 0 Å². The van der Waals surface area contributed by atoms with E-state index < -0.39 is 0 Å². The van der Waals surface area contributed by atoms with Gasteiger partial charge < -0.3 is 20.3 Å². The molecular formula is C19H20ClN3O2. The van der Waals surface area contributed by atoms with Crippen molar-refractivity contribution in [1.29, 1.82) is 0 Å². The number of benzene rings is 2. The van der Waals surface area contributed by atoms with Gasteiger partial charge in [-0.2, -0.15) is 0 Å². The predicted molar refractivity (Wildman–Crippen MR) is 102 cm³/mol. The first kappa shape index (κ1) is 17.3. The van der Waals surface area contributed by atoms with Crippen LogP contribution in [0.15, 0.2) is 54.7 Å². The molecule has 1 heterocycles. The van der Waals surface area contributed by atoms with Gasteiger partial charge in [-0.25, -0.2) is 4.79 Å². The van der Waals surface area contributed by atoms with E-state index in [1.165, 1.54) is 0 Å². The number of carbonyl (C=O) groups excluding carboxylic acids is 1. The Labute approximate surface area is 152 Å². The van der Waals surface area contributed by atoms with Crippen LogP contribution < -0.4 is 15.5 Å². The quantitative estimate of drug-likeness (QED) is 0.870. The Morgan fingerprint density at radius 2 is 1.80 bits per heavy atom. The number of anilines is 2. The third-order valence-corrected chi connectivity index (χ3v) is 4.12. The fourth-order valence-corrected chi connectivity index (χ4v) is 2.73. The molecule has 25 heavy (non-hydrogen) atoms. The SMILES string of the molecule is O=C(N/C=C/c1ccc(Cl)cc1)Nc1ccccc1N1CCOCC1. The molecule has 0 aliphatic carbocycles. The molecule has 3 rings (SSSR count). The number of hydrogen-bond donors (Lipinski definition) is 2. The topological polar surface area (TPSA) is 53.6 Å². The van der Waals surface area contributed by atoms with Gasteiger partial charge in [-0.15, -0.1) is 0 Å². The normalized spacial score (nSPS) is 14.5. The minimum atomic E-state index is -0.286. The molecule has 130 valence electrons. The summed E-state index contributed by atoms with van der Waals surface area (Å²) in [6.07, 6.45) is 3.42. The van der Waals surface area contributed by atoms with Crippen LogP contribution in [-0.2, 0) is 4.74 Å². The third-order valence-electron chi connectivity index (χ3n) is 3.86. The van der Waals surface area contributed by atoms with E-state index in [2.05, 4.69) is 15.5 Å². The van der Waals surface area contributed by atoms with Gasteiger partial charge in [0.05, 0.1) is 24.6 Å².